The molecule has 0 aliphatic heterocycles. The van der Waals surface area contributed by atoms with E-state index in [1.54, 1.807) is 13.0 Å². The normalized spacial score (nSPS) is 11.5. The number of benzene rings is 1. The second-order valence-corrected chi connectivity index (χ2v) is 4.98. The summed E-state index contributed by atoms with van der Waals surface area (Å²) in [6, 6.07) is 4.02. The lowest BCUT2D eigenvalue weighted by Crippen LogP contribution is -2.12. The van der Waals surface area contributed by atoms with Crippen molar-refractivity contribution < 1.29 is 17.9 Å². The Morgan fingerprint density at radius 2 is 1.75 bits per heavy atom. The van der Waals surface area contributed by atoms with E-state index in [9.17, 15) is 13.2 Å². The number of ether oxygens (including phenoxy) is 1. The molecule has 0 saturated heterocycles. The highest BCUT2D eigenvalue weighted by molar-refractivity contribution is 5.36. The smallest absolute Gasteiger partial charge is 0.416 e. The molecule has 2 heterocycles. The van der Waals surface area contributed by atoms with Crippen molar-refractivity contribution in [2.24, 2.45) is 0 Å². The van der Waals surface area contributed by atoms with Gasteiger partial charge in [-0.15, -0.1) is 10.2 Å². The minimum absolute atomic E-state index is 0.0906. The molecule has 0 bridgehead atoms. The molecule has 24 heavy (non-hydrogen) atoms. The third kappa shape index (κ3) is 3.34. The highest BCUT2D eigenvalue weighted by atomic mass is 19.4. The van der Waals surface area contributed by atoms with E-state index in [2.05, 4.69) is 20.2 Å². The summed E-state index contributed by atoms with van der Waals surface area (Å²) in [7, 11) is 0. The third-order valence-corrected chi connectivity index (χ3v) is 3.36. The standard InChI is InChI=1S/C15H12F3N5O/c1-10-3-2-4-13(15(16,17)18)12(10)7-24-11-5-19-14(20-6-11)23-8-21-22-9-23/h2-6,8-9H,7H2,1H3. The highest BCUT2D eigenvalue weighted by Crippen LogP contribution is 2.33. The number of alkyl halides is 3. The summed E-state index contributed by atoms with van der Waals surface area (Å²) in [6.07, 6.45) is 1.19. The number of aryl methyl sites for hydroxylation is 1. The van der Waals surface area contributed by atoms with Crippen molar-refractivity contribution in [2.45, 2.75) is 19.7 Å². The Morgan fingerprint density at radius 3 is 2.38 bits per heavy atom. The molecule has 0 amide bonds. The molecular weight excluding hydrogens is 323 g/mol. The molecule has 0 radical (unpaired) electrons. The molecular formula is C15H12F3N5O. The molecule has 0 unspecified atom stereocenters. The molecule has 3 aromatic rings. The quantitative estimate of drug-likeness (QED) is 0.733. The summed E-state index contributed by atoms with van der Waals surface area (Å²) >= 11 is 0. The fourth-order valence-corrected chi connectivity index (χ4v) is 2.14. The zero-order valence-electron chi connectivity index (χ0n) is 12.5. The van der Waals surface area contributed by atoms with Crippen molar-refractivity contribution in [3.63, 3.8) is 0 Å². The number of rotatable bonds is 4. The summed E-state index contributed by atoms with van der Waals surface area (Å²) in [5, 5.41) is 7.27. The molecule has 0 fully saturated rings. The van der Waals surface area contributed by atoms with Crippen molar-refractivity contribution in [2.75, 3.05) is 0 Å². The predicted octanol–water partition coefficient (Wildman–Crippen LogP) is 2.96. The van der Waals surface area contributed by atoms with Crippen LogP contribution in [0.2, 0.25) is 0 Å². The summed E-state index contributed by atoms with van der Waals surface area (Å²) in [6.45, 7) is 1.39. The van der Waals surface area contributed by atoms with E-state index in [-0.39, 0.29) is 17.9 Å². The van der Waals surface area contributed by atoms with Crippen LogP contribution in [0.25, 0.3) is 5.95 Å². The lowest BCUT2D eigenvalue weighted by molar-refractivity contribution is -0.138. The van der Waals surface area contributed by atoms with Crippen molar-refractivity contribution >= 4 is 0 Å². The fraction of sp³-hybridized carbons (Fsp3) is 0.200. The zero-order valence-corrected chi connectivity index (χ0v) is 12.5. The van der Waals surface area contributed by atoms with Gasteiger partial charge >= 0.3 is 6.18 Å². The summed E-state index contributed by atoms with van der Waals surface area (Å²) in [5.41, 5.74) is -0.107. The topological polar surface area (TPSA) is 65.7 Å². The molecule has 3 rings (SSSR count). The first-order valence-corrected chi connectivity index (χ1v) is 6.90. The van der Waals surface area contributed by atoms with E-state index < -0.39 is 11.7 Å². The largest absolute Gasteiger partial charge is 0.486 e. The van der Waals surface area contributed by atoms with E-state index >= 15 is 0 Å². The van der Waals surface area contributed by atoms with Gasteiger partial charge in [0.2, 0.25) is 5.95 Å². The Morgan fingerprint density at radius 1 is 1.08 bits per heavy atom. The van der Waals surface area contributed by atoms with Crippen molar-refractivity contribution in [3.05, 3.63) is 59.9 Å². The van der Waals surface area contributed by atoms with Gasteiger partial charge in [-0.2, -0.15) is 13.2 Å². The molecule has 0 saturated carbocycles. The Kier molecular flexibility index (Phi) is 4.15. The van der Waals surface area contributed by atoms with Crippen LogP contribution in [0.4, 0.5) is 13.2 Å². The molecule has 6 nitrogen and oxygen atoms in total. The maximum atomic E-state index is 13.1. The van der Waals surface area contributed by atoms with E-state index in [1.807, 2.05) is 0 Å². The number of hydrogen-bond donors (Lipinski definition) is 0. The van der Waals surface area contributed by atoms with Crippen LogP contribution < -0.4 is 4.74 Å². The van der Waals surface area contributed by atoms with Gasteiger partial charge in [0.05, 0.1) is 18.0 Å². The molecule has 0 aliphatic rings. The predicted molar refractivity (Wildman–Crippen MR) is 77.5 cm³/mol. The van der Waals surface area contributed by atoms with Gasteiger partial charge in [0.25, 0.3) is 0 Å². The SMILES string of the molecule is Cc1cccc(C(F)(F)F)c1COc1cnc(-n2cnnc2)nc1. The highest BCUT2D eigenvalue weighted by Gasteiger charge is 2.33. The maximum absolute atomic E-state index is 13.1. The van der Waals surface area contributed by atoms with Gasteiger partial charge in [-0.1, -0.05) is 12.1 Å². The van der Waals surface area contributed by atoms with Gasteiger partial charge < -0.3 is 4.74 Å². The van der Waals surface area contributed by atoms with Crippen LogP contribution in [-0.2, 0) is 12.8 Å². The Hall–Kier alpha value is -2.97. The first-order valence-electron chi connectivity index (χ1n) is 6.90. The molecule has 0 spiro atoms. The van der Waals surface area contributed by atoms with Gasteiger partial charge in [0.1, 0.15) is 19.3 Å². The average molecular weight is 335 g/mol. The Labute approximate surface area is 135 Å². The Bertz CT molecular complexity index is 816. The lowest BCUT2D eigenvalue weighted by atomic mass is 10.0. The van der Waals surface area contributed by atoms with Gasteiger partial charge in [0, 0.05) is 5.56 Å². The molecule has 0 atom stereocenters. The van der Waals surface area contributed by atoms with E-state index in [4.69, 9.17) is 4.74 Å². The molecule has 2 aromatic heterocycles. The number of nitrogens with zero attached hydrogens (tertiary/aromatic N) is 5. The minimum atomic E-state index is -4.43. The summed E-state index contributed by atoms with van der Waals surface area (Å²) in [5.74, 6) is 0.599. The van der Waals surface area contributed by atoms with Gasteiger partial charge in [0.15, 0.2) is 5.75 Å². The van der Waals surface area contributed by atoms with Gasteiger partial charge in [-0.3, -0.25) is 4.57 Å². The summed E-state index contributed by atoms with van der Waals surface area (Å²) < 4.78 is 46.1. The number of aromatic nitrogens is 5. The second kappa shape index (κ2) is 6.26. The van der Waals surface area contributed by atoms with Crippen LogP contribution in [0.15, 0.2) is 43.2 Å². The fourth-order valence-electron chi connectivity index (χ4n) is 2.14. The van der Waals surface area contributed by atoms with E-state index in [0.29, 0.717) is 11.5 Å². The zero-order chi connectivity index (χ0) is 17.2. The molecule has 0 aliphatic carbocycles. The Balaban J connectivity index is 1.77. The number of halogens is 3. The van der Waals surface area contributed by atoms with Crippen molar-refractivity contribution in [1.29, 1.82) is 0 Å². The van der Waals surface area contributed by atoms with Crippen LogP contribution in [0.3, 0.4) is 0 Å². The number of hydrogen-bond acceptors (Lipinski definition) is 5. The first kappa shape index (κ1) is 15.9. The van der Waals surface area contributed by atoms with Crippen molar-refractivity contribution in [3.8, 4) is 11.7 Å². The monoisotopic (exact) mass is 335 g/mol. The molecule has 124 valence electrons. The van der Waals surface area contributed by atoms with Gasteiger partial charge in [-0.25, -0.2) is 9.97 Å². The van der Waals surface area contributed by atoms with E-state index in [1.165, 1.54) is 35.7 Å². The average Bonchev–Trinajstić information content (AvgIpc) is 3.07. The maximum Gasteiger partial charge on any atom is 0.416 e. The first-order chi connectivity index (χ1) is 11.4. The van der Waals surface area contributed by atoms with Crippen molar-refractivity contribution in [1.82, 2.24) is 24.7 Å². The summed E-state index contributed by atoms with van der Waals surface area (Å²) in [4.78, 5) is 8.10. The molecule has 9 heteroatoms. The lowest BCUT2D eigenvalue weighted by Gasteiger charge is -2.15. The van der Waals surface area contributed by atoms with Gasteiger partial charge in [-0.05, 0) is 18.6 Å². The van der Waals surface area contributed by atoms with Crippen LogP contribution in [0.1, 0.15) is 16.7 Å². The second-order valence-electron chi connectivity index (χ2n) is 4.98. The van der Waals surface area contributed by atoms with Crippen LogP contribution in [0.5, 0.6) is 5.75 Å². The molecule has 0 N–H and O–H groups in total. The minimum Gasteiger partial charge on any atom is -0.486 e. The van der Waals surface area contributed by atoms with Crippen LogP contribution in [0, 0.1) is 6.92 Å². The van der Waals surface area contributed by atoms with E-state index in [0.717, 1.165) is 6.07 Å². The van der Waals surface area contributed by atoms with Crippen LogP contribution >= 0.6 is 0 Å². The third-order valence-electron chi connectivity index (χ3n) is 3.36. The van der Waals surface area contributed by atoms with Crippen LogP contribution in [-0.4, -0.2) is 24.7 Å². The molecule has 1 aromatic carbocycles.